The van der Waals surface area contributed by atoms with Gasteiger partial charge in [0.15, 0.2) is 0 Å². The highest BCUT2D eigenvalue weighted by Crippen LogP contribution is 2.33. The topological polar surface area (TPSA) is 86.3 Å². The summed E-state index contributed by atoms with van der Waals surface area (Å²) in [6, 6.07) is 12.1. The van der Waals surface area contributed by atoms with Gasteiger partial charge in [0.25, 0.3) is 5.91 Å². The van der Waals surface area contributed by atoms with Crippen molar-refractivity contribution in [3.63, 3.8) is 0 Å². The van der Waals surface area contributed by atoms with E-state index in [0.717, 1.165) is 58.6 Å². The molecule has 158 valence electrons. The van der Waals surface area contributed by atoms with E-state index in [4.69, 9.17) is 15.5 Å². The highest BCUT2D eigenvalue weighted by Gasteiger charge is 2.21. The number of benzene rings is 2. The molecule has 1 saturated heterocycles. The van der Waals surface area contributed by atoms with Crippen LogP contribution in [0.1, 0.15) is 28.5 Å². The molecule has 0 spiro atoms. The van der Waals surface area contributed by atoms with Gasteiger partial charge in [0, 0.05) is 29.9 Å². The number of imidazole rings is 1. The largest absolute Gasteiger partial charge is 0.378 e. The second kappa shape index (κ2) is 7.67. The van der Waals surface area contributed by atoms with E-state index in [0.29, 0.717) is 24.3 Å². The van der Waals surface area contributed by atoms with Gasteiger partial charge in [-0.3, -0.25) is 14.3 Å². The first-order chi connectivity index (χ1) is 15.1. The number of nitrogens with zero attached hydrogens (tertiary/aromatic N) is 4. The third kappa shape index (κ3) is 3.21. The van der Waals surface area contributed by atoms with Gasteiger partial charge in [-0.1, -0.05) is 25.1 Å². The van der Waals surface area contributed by atoms with Crippen molar-refractivity contribution in [2.45, 2.75) is 20.3 Å². The summed E-state index contributed by atoms with van der Waals surface area (Å²) >= 11 is 0. The Hall–Kier alpha value is -3.45. The van der Waals surface area contributed by atoms with E-state index in [2.05, 4.69) is 33.5 Å². The first-order valence-electron chi connectivity index (χ1n) is 10.6. The molecule has 0 unspecified atom stereocenters. The molecule has 31 heavy (non-hydrogen) atoms. The number of morpholine rings is 1. The molecule has 0 bridgehead atoms. The molecule has 1 aliphatic heterocycles. The van der Waals surface area contributed by atoms with Crippen LogP contribution < -0.4 is 10.6 Å². The lowest BCUT2D eigenvalue weighted by Crippen LogP contribution is -2.36. The Bertz CT molecular complexity index is 1300. The fourth-order valence-corrected chi connectivity index (χ4v) is 4.52. The standard InChI is InChI=1S/C24H25N5O2/c1-3-17-15(2)27-20-7-5-4-6-18(20)23(17)29-14-26-22-19(24(25)30)12-16(13-21(22)29)28-8-10-31-11-9-28/h4-7,12-14H,3,8-11H2,1-2H3,(H2,25,30). The second-order valence-electron chi connectivity index (χ2n) is 7.83. The molecule has 2 aromatic heterocycles. The second-order valence-corrected chi connectivity index (χ2v) is 7.83. The SMILES string of the molecule is CCc1c(C)nc2ccccc2c1-n1cnc2c(C(N)=O)cc(N3CCOCC3)cc21. The molecule has 0 saturated carbocycles. The van der Waals surface area contributed by atoms with Crippen LogP contribution >= 0.6 is 0 Å². The summed E-state index contributed by atoms with van der Waals surface area (Å²) in [7, 11) is 0. The lowest BCUT2D eigenvalue weighted by atomic mass is 10.0. The number of fused-ring (bicyclic) bond motifs is 2. The van der Waals surface area contributed by atoms with Gasteiger partial charge in [-0.25, -0.2) is 4.98 Å². The van der Waals surface area contributed by atoms with Crippen molar-refractivity contribution in [2.75, 3.05) is 31.2 Å². The fraction of sp³-hybridized carbons (Fsp3) is 0.292. The maximum atomic E-state index is 12.3. The quantitative estimate of drug-likeness (QED) is 0.552. The predicted octanol–water partition coefficient (Wildman–Crippen LogP) is 3.38. The summed E-state index contributed by atoms with van der Waals surface area (Å²) in [4.78, 5) is 23.9. The lowest BCUT2D eigenvalue weighted by molar-refractivity contribution is 0.100. The van der Waals surface area contributed by atoms with Gasteiger partial charge in [-0.05, 0) is 37.1 Å². The Kier molecular flexibility index (Phi) is 4.82. The van der Waals surface area contributed by atoms with Gasteiger partial charge in [-0.15, -0.1) is 0 Å². The molecule has 2 aromatic carbocycles. The van der Waals surface area contributed by atoms with Gasteiger partial charge in [0.2, 0.25) is 0 Å². The Morgan fingerprint density at radius 3 is 2.71 bits per heavy atom. The normalized spacial score (nSPS) is 14.5. The van der Waals surface area contributed by atoms with Crippen LogP contribution in [0.2, 0.25) is 0 Å². The molecule has 0 aliphatic carbocycles. The average molecular weight is 415 g/mol. The molecule has 5 rings (SSSR count). The Morgan fingerprint density at radius 1 is 1.19 bits per heavy atom. The van der Waals surface area contributed by atoms with Crippen LogP contribution in [0.25, 0.3) is 27.6 Å². The number of carbonyl (C=O) groups is 1. The summed E-state index contributed by atoms with van der Waals surface area (Å²) in [6.45, 7) is 7.05. The molecule has 7 heteroatoms. The van der Waals surface area contributed by atoms with Gasteiger partial charge in [0.1, 0.15) is 11.8 Å². The summed E-state index contributed by atoms with van der Waals surface area (Å²) in [5, 5.41) is 1.06. The van der Waals surface area contributed by atoms with Crippen LogP contribution in [0, 0.1) is 6.92 Å². The Morgan fingerprint density at radius 2 is 1.97 bits per heavy atom. The van der Waals surface area contributed by atoms with Crippen molar-refractivity contribution in [3.8, 4) is 5.69 Å². The number of ether oxygens (including phenoxy) is 1. The molecule has 7 nitrogen and oxygen atoms in total. The van der Waals surface area contributed by atoms with Crippen LogP contribution in [0.4, 0.5) is 5.69 Å². The number of aryl methyl sites for hydroxylation is 1. The molecule has 1 aliphatic rings. The summed E-state index contributed by atoms with van der Waals surface area (Å²) in [5.41, 5.74) is 12.8. The molecular weight excluding hydrogens is 390 g/mol. The van der Waals surface area contributed by atoms with Crippen LogP contribution in [0.5, 0.6) is 0 Å². The average Bonchev–Trinajstić information content (AvgIpc) is 3.21. The van der Waals surface area contributed by atoms with Crippen molar-refractivity contribution in [1.29, 1.82) is 0 Å². The van der Waals surface area contributed by atoms with E-state index in [1.807, 2.05) is 31.2 Å². The maximum Gasteiger partial charge on any atom is 0.251 e. The van der Waals surface area contributed by atoms with Crippen LogP contribution in [-0.4, -0.2) is 46.7 Å². The predicted molar refractivity (Wildman–Crippen MR) is 122 cm³/mol. The zero-order chi connectivity index (χ0) is 21.5. The lowest BCUT2D eigenvalue weighted by Gasteiger charge is -2.29. The van der Waals surface area contributed by atoms with E-state index < -0.39 is 5.91 Å². The zero-order valence-corrected chi connectivity index (χ0v) is 17.8. The number of primary amides is 1. The number of nitrogens with two attached hydrogens (primary N) is 1. The highest BCUT2D eigenvalue weighted by atomic mass is 16.5. The summed E-state index contributed by atoms with van der Waals surface area (Å²) in [6.07, 6.45) is 2.63. The number of carbonyl (C=O) groups excluding carboxylic acids is 1. The van der Waals surface area contributed by atoms with E-state index in [1.54, 1.807) is 6.33 Å². The Balaban J connectivity index is 1.82. The van der Waals surface area contributed by atoms with Crippen molar-refractivity contribution >= 4 is 33.5 Å². The van der Waals surface area contributed by atoms with Gasteiger partial charge >= 0.3 is 0 Å². The molecule has 2 N–H and O–H groups in total. The van der Waals surface area contributed by atoms with Crippen molar-refractivity contribution < 1.29 is 9.53 Å². The first kappa shape index (κ1) is 19.5. The highest BCUT2D eigenvalue weighted by molar-refractivity contribution is 6.06. The monoisotopic (exact) mass is 415 g/mol. The van der Waals surface area contributed by atoms with E-state index in [1.165, 1.54) is 0 Å². The van der Waals surface area contributed by atoms with Gasteiger partial charge in [0.05, 0.1) is 35.5 Å². The molecule has 0 atom stereocenters. The van der Waals surface area contributed by atoms with E-state index >= 15 is 0 Å². The molecule has 4 aromatic rings. The maximum absolute atomic E-state index is 12.3. The number of hydrogen-bond donors (Lipinski definition) is 1. The van der Waals surface area contributed by atoms with Crippen LogP contribution in [-0.2, 0) is 11.2 Å². The molecule has 1 amide bonds. The molecule has 1 fully saturated rings. The third-order valence-corrected chi connectivity index (χ3v) is 6.04. The number of rotatable bonds is 4. The number of amides is 1. The van der Waals surface area contributed by atoms with Crippen LogP contribution in [0.15, 0.2) is 42.7 Å². The Labute approximate surface area is 180 Å². The number of hydrogen-bond acceptors (Lipinski definition) is 5. The minimum absolute atomic E-state index is 0.436. The number of pyridine rings is 1. The zero-order valence-electron chi connectivity index (χ0n) is 17.8. The number of para-hydroxylation sites is 1. The van der Waals surface area contributed by atoms with Gasteiger partial charge in [-0.2, -0.15) is 0 Å². The number of aromatic nitrogens is 3. The number of anilines is 1. The van der Waals surface area contributed by atoms with E-state index in [-0.39, 0.29) is 0 Å². The van der Waals surface area contributed by atoms with Crippen molar-refractivity contribution in [2.24, 2.45) is 5.73 Å². The van der Waals surface area contributed by atoms with Gasteiger partial charge < -0.3 is 15.4 Å². The third-order valence-electron chi connectivity index (χ3n) is 6.04. The van der Waals surface area contributed by atoms with Crippen molar-refractivity contribution in [1.82, 2.24) is 14.5 Å². The van der Waals surface area contributed by atoms with Crippen molar-refractivity contribution in [3.05, 3.63) is 59.5 Å². The first-order valence-corrected chi connectivity index (χ1v) is 10.6. The summed E-state index contributed by atoms with van der Waals surface area (Å²) < 4.78 is 7.58. The molecular formula is C24H25N5O2. The fourth-order valence-electron chi connectivity index (χ4n) is 4.52. The minimum Gasteiger partial charge on any atom is -0.378 e. The van der Waals surface area contributed by atoms with Crippen LogP contribution in [0.3, 0.4) is 0 Å². The smallest absolute Gasteiger partial charge is 0.251 e. The van der Waals surface area contributed by atoms with E-state index in [9.17, 15) is 4.79 Å². The summed E-state index contributed by atoms with van der Waals surface area (Å²) in [5.74, 6) is -0.475. The molecule has 3 heterocycles. The minimum atomic E-state index is -0.475. The molecule has 0 radical (unpaired) electrons.